The first-order valence-electron chi connectivity index (χ1n) is 9.32. The first-order valence-corrected chi connectivity index (χ1v) is 9.32. The van der Waals surface area contributed by atoms with Crippen molar-refractivity contribution in [2.45, 2.75) is 26.4 Å². The van der Waals surface area contributed by atoms with Crippen molar-refractivity contribution in [1.82, 2.24) is 0 Å². The third-order valence-corrected chi connectivity index (χ3v) is 4.18. The minimum Gasteiger partial charge on any atom is -0.489 e. The summed E-state index contributed by atoms with van der Waals surface area (Å²) >= 11 is 0. The fourth-order valence-electron chi connectivity index (χ4n) is 2.49. The Bertz CT molecular complexity index is 892. The summed E-state index contributed by atoms with van der Waals surface area (Å²) < 4.78 is 11.5. The van der Waals surface area contributed by atoms with Gasteiger partial charge in [-0.15, -0.1) is 0 Å². The second-order valence-electron chi connectivity index (χ2n) is 6.97. The fourth-order valence-corrected chi connectivity index (χ4v) is 2.49. The molecule has 0 unspecified atom stereocenters. The first-order chi connectivity index (χ1) is 13.5. The van der Waals surface area contributed by atoms with Crippen molar-refractivity contribution in [3.8, 4) is 11.5 Å². The largest absolute Gasteiger partial charge is 0.489 e. The molecule has 0 heterocycles. The molecule has 28 heavy (non-hydrogen) atoms. The lowest BCUT2D eigenvalue weighted by atomic mass is 10.2. The highest BCUT2D eigenvalue weighted by Gasteiger charge is 2.29. The number of hydrogen-bond donors (Lipinski definition) is 1. The Balaban J connectivity index is 1.52. The van der Waals surface area contributed by atoms with Gasteiger partial charge in [0.2, 0.25) is 5.91 Å². The topological polar surface area (TPSA) is 47.6 Å². The van der Waals surface area contributed by atoms with Gasteiger partial charge in [0.15, 0.2) is 0 Å². The minimum atomic E-state index is 0.112. The molecular weight excluding hydrogens is 350 g/mol. The fraction of sp³-hybridized carbons (Fsp3) is 0.208. The molecule has 0 bridgehead atoms. The van der Waals surface area contributed by atoms with Crippen molar-refractivity contribution in [1.29, 1.82) is 0 Å². The molecule has 0 spiro atoms. The smallest absolute Gasteiger partial charge is 0.227 e. The molecule has 0 radical (unpaired) electrons. The minimum absolute atomic E-state index is 0.112. The molecule has 2 aromatic rings. The van der Waals surface area contributed by atoms with Gasteiger partial charge in [0, 0.05) is 17.7 Å². The van der Waals surface area contributed by atoms with E-state index in [4.69, 9.17) is 9.47 Å². The van der Waals surface area contributed by atoms with Crippen LogP contribution in [0.15, 0.2) is 85.2 Å². The Labute approximate surface area is 166 Å². The van der Waals surface area contributed by atoms with Crippen LogP contribution in [0.2, 0.25) is 0 Å². The number of carbonyl (C=O) groups excluding carboxylic acids is 1. The van der Waals surface area contributed by atoms with Crippen molar-refractivity contribution >= 4 is 11.6 Å². The van der Waals surface area contributed by atoms with E-state index in [1.54, 1.807) is 6.08 Å². The molecule has 0 aromatic heterocycles. The normalized spacial score (nSPS) is 13.2. The maximum atomic E-state index is 11.8. The van der Waals surface area contributed by atoms with Crippen LogP contribution in [0, 0.1) is 5.92 Å². The second kappa shape index (κ2) is 9.09. The van der Waals surface area contributed by atoms with Crippen LogP contribution in [-0.4, -0.2) is 5.91 Å². The highest BCUT2D eigenvalue weighted by atomic mass is 16.5. The summed E-state index contributed by atoms with van der Waals surface area (Å²) in [6.07, 6.45) is 5.62. The summed E-state index contributed by atoms with van der Waals surface area (Å²) in [5.74, 6) is 2.21. The van der Waals surface area contributed by atoms with Gasteiger partial charge in [-0.3, -0.25) is 4.79 Å². The zero-order chi connectivity index (χ0) is 19.9. The van der Waals surface area contributed by atoms with E-state index in [2.05, 4.69) is 18.5 Å². The molecule has 1 saturated carbocycles. The van der Waals surface area contributed by atoms with Gasteiger partial charge in [-0.2, -0.15) is 0 Å². The van der Waals surface area contributed by atoms with Crippen LogP contribution in [0.3, 0.4) is 0 Å². The van der Waals surface area contributed by atoms with E-state index in [0.29, 0.717) is 23.9 Å². The van der Waals surface area contributed by atoms with Crippen molar-refractivity contribution < 1.29 is 14.3 Å². The maximum absolute atomic E-state index is 11.8. The van der Waals surface area contributed by atoms with Crippen LogP contribution in [0.4, 0.5) is 5.69 Å². The van der Waals surface area contributed by atoms with E-state index >= 15 is 0 Å². The third-order valence-electron chi connectivity index (χ3n) is 4.18. The van der Waals surface area contributed by atoms with Gasteiger partial charge in [0.05, 0.1) is 0 Å². The molecule has 4 nitrogen and oxygen atoms in total. The number of nitrogens with one attached hydrogen (secondary N) is 1. The van der Waals surface area contributed by atoms with Gasteiger partial charge in [-0.25, -0.2) is 0 Å². The third kappa shape index (κ3) is 6.16. The zero-order valence-electron chi connectivity index (χ0n) is 16.1. The molecule has 0 aliphatic heterocycles. The molecule has 1 fully saturated rings. The van der Waals surface area contributed by atoms with Crippen LogP contribution in [0.25, 0.3) is 0 Å². The van der Waals surface area contributed by atoms with Gasteiger partial charge in [0.25, 0.3) is 0 Å². The van der Waals surface area contributed by atoms with Crippen molar-refractivity contribution in [3.63, 3.8) is 0 Å². The Morgan fingerprint density at radius 3 is 2.50 bits per heavy atom. The monoisotopic (exact) mass is 375 g/mol. The number of amides is 1. The molecular formula is C24H25NO3. The molecule has 4 heteroatoms. The molecule has 144 valence electrons. The van der Waals surface area contributed by atoms with Crippen LogP contribution in [-0.2, 0) is 11.4 Å². The highest BCUT2D eigenvalue weighted by molar-refractivity contribution is 5.93. The summed E-state index contributed by atoms with van der Waals surface area (Å²) in [6, 6.07) is 15.1. The van der Waals surface area contributed by atoms with E-state index in [-0.39, 0.29) is 11.8 Å². The molecule has 1 aliphatic rings. The number of benzene rings is 2. The van der Waals surface area contributed by atoms with Gasteiger partial charge >= 0.3 is 0 Å². The van der Waals surface area contributed by atoms with Crippen molar-refractivity contribution in [2.75, 3.05) is 5.32 Å². The zero-order valence-corrected chi connectivity index (χ0v) is 16.1. The van der Waals surface area contributed by atoms with E-state index in [1.165, 1.54) is 0 Å². The SMILES string of the molecule is C=C(C)/C=C\C(=C)Oc1cccc(OCc2ccc(NC(=O)C3CC3)cc2)c1. The lowest BCUT2D eigenvalue weighted by Gasteiger charge is -2.10. The summed E-state index contributed by atoms with van der Waals surface area (Å²) in [5.41, 5.74) is 2.77. The summed E-state index contributed by atoms with van der Waals surface area (Å²) in [5, 5.41) is 2.93. The molecule has 3 rings (SSSR count). The number of allylic oxidation sites excluding steroid dienone is 3. The van der Waals surface area contributed by atoms with E-state index in [0.717, 1.165) is 29.7 Å². The highest BCUT2D eigenvalue weighted by Crippen LogP contribution is 2.30. The summed E-state index contributed by atoms with van der Waals surface area (Å²) in [4.78, 5) is 11.8. The van der Waals surface area contributed by atoms with Crippen LogP contribution in [0.5, 0.6) is 11.5 Å². The standard InChI is InChI=1S/C24H25NO3/c1-17(2)7-8-18(3)28-23-6-4-5-22(15-23)27-16-19-9-13-21(14-10-19)25-24(26)20-11-12-20/h4-10,13-15,20H,1,3,11-12,16H2,2H3,(H,25,26)/b8-7-. The van der Waals surface area contributed by atoms with E-state index in [1.807, 2.05) is 61.5 Å². The number of anilines is 1. The number of carbonyl (C=O) groups is 1. The Morgan fingerprint density at radius 2 is 1.82 bits per heavy atom. The van der Waals surface area contributed by atoms with Crippen LogP contribution < -0.4 is 14.8 Å². The lowest BCUT2D eigenvalue weighted by Crippen LogP contribution is -2.13. The number of hydrogen-bond acceptors (Lipinski definition) is 3. The molecule has 1 N–H and O–H groups in total. The van der Waals surface area contributed by atoms with Gasteiger partial charge in [-0.1, -0.05) is 43.0 Å². The maximum Gasteiger partial charge on any atom is 0.227 e. The predicted octanol–water partition coefficient (Wildman–Crippen LogP) is 5.64. The molecule has 2 aromatic carbocycles. The van der Waals surface area contributed by atoms with E-state index in [9.17, 15) is 4.79 Å². The number of rotatable bonds is 9. The summed E-state index contributed by atoms with van der Waals surface area (Å²) in [7, 11) is 0. The average molecular weight is 375 g/mol. The molecule has 0 atom stereocenters. The van der Waals surface area contributed by atoms with Gasteiger partial charge < -0.3 is 14.8 Å². The Hall–Kier alpha value is -3.27. The Morgan fingerprint density at radius 1 is 1.11 bits per heavy atom. The predicted molar refractivity (Wildman–Crippen MR) is 112 cm³/mol. The Kier molecular flexibility index (Phi) is 6.33. The van der Waals surface area contributed by atoms with Gasteiger partial charge in [0.1, 0.15) is 23.9 Å². The van der Waals surface area contributed by atoms with Crippen molar-refractivity contribution in [2.24, 2.45) is 5.92 Å². The van der Waals surface area contributed by atoms with Crippen LogP contribution in [0.1, 0.15) is 25.3 Å². The van der Waals surface area contributed by atoms with Crippen molar-refractivity contribution in [3.05, 3.63) is 90.7 Å². The number of ether oxygens (including phenoxy) is 2. The second-order valence-corrected chi connectivity index (χ2v) is 6.97. The molecule has 1 amide bonds. The lowest BCUT2D eigenvalue weighted by molar-refractivity contribution is -0.117. The van der Waals surface area contributed by atoms with Crippen LogP contribution >= 0.6 is 0 Å². The quantitative estimate of drug-likeness (QED) is 0.456. The molecule has 1 aliphatic carbocycles. The molecule has 0 saturated heterocycles. The summed E-state index contributed by atoms with van der Waals surface area (Å²) in [6.45, 7) is 10.0. The van der Waals surface area contributed by atoms with E-state index < -0.39 is 0 Å². The van der Waals surface area contributed by atoms with Gasteiger partial charge in [-0.05, 0) is 55.7 Å². The average Bonchev–Trinajstić information content (AvgIpc) is 3.51. The first kappa shape index (κ1) is 19.5.